The minimum absolute atomic E-state index is 0. The van der Waals surface area contributed by atoms with Gasteiger partial charge >= 0.3 is 0 Å². The molecule has 4 heteroatoms. The molecule has 0 saturated heterocycles. The van der Waals surface area contributed by atoms with Gasteiger partial charge in [-0.1, -0.05) is 53.8 Å². The number of benzene rings is 1. The largest absolute Gasteiger partial charge is 0.507 e. The van der Waals surface area contributed by atoms with Crippen LogP contribution in [0.4, 0.5) is 0 Å². The zero-order valence-corrected chi connectivity index (χ0v) is 14.4. The summed E-state index contributed by atoms with van der Waals surface area (Å²) in [6.07, 6.45) is 0. The number of thiol groups is 1. The van der Waals surface area contributed by atoms with Crippen molar-refractivity contribution < 1.29 is 5.11 Å². The first-order valence-corrected chi connectivity index (χ1v) is 6.91. The van der Waals surface area contributed by atoms with Crippen LogP contribution in [-0.2, 0) is 10.8 Å². The van der Waals surface area contributed by atoms with Crippen molar-refractivity contribution in [3.8, 4) is 5.75 Å². The van der Waals surface area contributed by atoms with Gasteiger partial charge < -0.3 is 11.3 Å². The second-order valence-electron chi connectivity index (χ2n) is 6.73. The Bertz CT molecular complexity index is 447. The number of hydrogen-bond donors (Lipinski definition) is 3. The van der Waals surface area contributed by atoms with E-state index in [0.717, 1.165) is 16.7 Å². The van der Waals surface area contributed by atoms with E-state index in [1.807, 2.05) is 12.1 Å². The maximum atomic E-state index is 10.5. The van der Waals surface area contributed by atoms with Crippen molar-refractivity contribution in [1.82, 2.24) is 6.15 Å². The molecule has 4 N–H and O–H groups in total. The van der Waals surface area contributed by atoms with E-state index in [9.17, 15) is 5.11 Å². The smallest absolute Gasteiger partial charge is 0.123 e. The van der Waals surface area contributed by atoms with Crippen molar-refractivity contribution >= 4 is 29.0 Å². The number of rotatable bonds is 1. The molecule has 0 bridgehead atoms. The van der Waals surface area contributed by atoms with Crippen molar-refractivity contribution in [2.45, 2.75) is 52.4 Å². The summed E-state index contributed by atoms with van der Waals surface area (Å²) in [6, 6.07) is 3.89. The first-order valence-electron chi connectivity index (χ1n) is 6.06. The second-order valence-corrected chi connectivity index (χ2v) is 7.88. The van der Waals surface area contributed by atoms with Gasteiger partial charge in [0.2, 0.25) is 0 Å². The summed E-state index contributed by atoms with van der Waals surface area (Å²) in [6.45, 7) is 12.5. The lowest BCUT2D eigenvalue weighted by Crippen LogP contribution is -2.18. The summed E-state index contributed by atoms with van der Waals surface area (Å²) in [5.74, 6) is 0.378. The topological polar surface area (TPSA) is 55.2 Å². The summed E-state index contributed by atoms with van der Waals surface area (Å²) >= 11 is 9.41. The maximum absolute atomic E-state index is 10.5. The molecule has 0 atom stereocenters. The van der Waals surface area contributed by atoms with Gasteiger partial charge in [-0.3, -0.25) is 0 Å². The Labute approximate surface area is 127 Å². The Morgan fingerprint density at radius 1 is 1.00 bits per heavy atom. The average Bonchev–Trinajstić information content (AvgIpc) is 2.13. The Hall–Kier alpha value is -0.580. The van der Waals surface area contributed by atoms with Gasteiger partial charge in [0.15, 0.2) is 0 Å². The highest BCUT2D eigenvalue weighted by atomic mass is 32.1. The first-order chi connectivity index (χ1) is 7.94. The van der Waals surface area contributed by atoms with Crippen LogP contribution in [0.3, 0.4) is 0 Å². The van der Waals surface area contributed by atoms with Gasteiger partial charge in [0.05, 0.1) is 4.20 Å². The molecule has 0 aliphatic rings. The van der Waals surface area contributed by atoms with Crippen LogP contribution in [-0.4, -0.2) is 9.30 Å². The Balaban J connectivity index is 0.00000324. The molecule has 19 heavy (non-hydrogen) atoms. The van der Waals surface area contributed by atoms with Crippen LogP contribution < -0.4 is 6.15 Å². The molecular weight excluding hydrogens is 274 g/mol. The van der Waals surface area contributed by atoms with Crippen LogP contribution in [0.2, 0.25) is 0 Å². The van der Waals surface area contributed by atoms with Crippen molar-refractivity contribution in [3.05, 3.63) is 28.8 Å². The van der Waals surface area contributed by atoms with E-state index in [1.165, 1.54) is 0 Å². The molecular formula is C15H25NOS2. The highest BCUT2D eigenvalue weighted by molar-refractivity contribution is 8.11. The predicted octanol–water partition coefficient (Wildman–Crippen LogP) is 4.75. The van der Waals surface area contributed by atoms with Crippen molar-refractivity contribution in [2.75, 3.05) is 0 Å². The minimum Gasteiger partial charge on any atom is -0.507 e. The summed E-state index contributed by atoms with van der Waals surface area (Å²) in [4.78, 5) is 0. The summed E-state index contributed by atoms with van der Waals surface area (Å²) in [5, 5.41) is 10.5. The van der Waals surface area contributed by atoms with Gasteiger partial charge in [-0.25, -0.2) is 0 Å². The van der Waals surface area contributed by atoms with Gasteiger partial charge in [-0.05, 0) is 28.5 Å². The number of thiocarbonyl (C=S) groups is 1. The fourth-order valence-electron chi connectivity index (χ4n) is 1.90. The molecule has 0 amide bonds. The fourth-order valence-corrected chi connectivity index (χ4v) is 2.15. The quantitative estimate of drug-likeness (QED) is 0.518. The standard InChI is InChI=1S/C15H22OS2.H3N/c1-14(2,3)10-7-9(13(17)18)8-11(12(10)16)15(4,5)6;/h7-8,16H,1-6H3,(H,17,18);1H3. The van der Waals surface area contributed by atoms with E-state index < -0.39 is 0 Å². The van der Waals surface area contributed by atoms with Crippen molar-refractivity contribution in [3.63, 3.8) is 0 Å². The lowest BCUT2D eigenvalue weighted by Gasteiger charge is -2.28. The zero-order valence-electron chi connectivity index (χ0n) is 12.7. The molecule has 0 heterocycles. The van der Waals surface area contributed by atoms with Crippen molar-refractivity contribution in [2.24, 2.45) is 0 Å². The van der Waals surface area contributed by atoms with Crippen LogP contribution in [0.25, 0.3) is 0 Å². The average molecular weight is 300 g/mol. The van der Waals surface area contributed by atoms with Gasteiger partial charge in [-0.15, -0.1) is 12.6 Å². The number of hydrogen-bond acceptors (Lipinski definition) is 3. The zero-order chi connectivity index (χ0) is 14.3. The minimum atomic E-state index is -0.126. The third-order valence-corrected chi connectivity index (χ3v) is 3.47. The van der Waals surface area contributed by atoms with Crippen LogP contribution >= 0.6 is 24.8 Å². The van der Waals surface area contributed by atoms with Crippen molar-refractivity contribution in [1.29, 1.82) is 0 Å². The normalized spacial score (nSPS) is 11.9. The van der Waals surface area contributed by atoms with Gasteiger partial charge in [-0.2, -0.15) is 0 Å². The lowest BCUT2D eigenvalue weighted by molar-refractivity contribution is 0.423. The number of aromatic hydroxyl groups is 1. The molecule has 0 radical (unpaired) electrons. The third-order valence-electron chi connectivity index (χ3n) is 2.97. The Morgan fingerprint density at radius 3 is 1.53 bits per heavy atom. The summed E-state index contributed by atoms with van der Waals surface area (Å²) in [5.41, 5.74) is 2.49. The lowest BCUT2D eigenvalue weighted by atomic mass is 9.78. The molecule has 2 nitrogen and oxygen atoms in total. The van der Waals surface area contributed by atoms with E-state index in [-0.39, 0.29) is 17.0 Å². The molecule has 0 fully saturated rings. The monoisotopic (exact) mass is 299 g/mol. The third kappa shape index (κ3) is 4.20. The van der Waals surface area contributed by atoms with E-state index in [2.05, 4.69) is 54.2 Å². The summed E-state index contributed by atoms with van der Waals surface area (Å²) in [7, 11) is 0. The number of phenolic OH excluding ortho intramolecular Hbond substituents is 1. The van der Waals surface area contributed by atoms with Crippen LogP contribution in [0.5, 0.6) is 5.75 Å². The molecule has 0 unspecified atom stereocenters. The second kappa shape index (κ2) is 5.81. The molecule has 0 aromatic heterocycles. The molecule has 1 aromatic carbocycles. The molecule has 1 aromatic rings. The predicted molar refractivity (Wildman–Crippen MR) is 91.2 cm³/mol. The van der Waals surface area contributed by atoms with Gasteiger partial charge in [0, 0.05) is 11.1 Å². The highest BCUT2D eigenvalue weighted by Crippen LogP contribution is 2.40. The van der Waals surface area contributed by atoms with E-state index in [1.54, 1.807) is 0 Å². The van der Waals surface area contributed by atoms with Crippen LogP contribution in [0.15, 0.2) is 12.1 Å². The van der Waals surface area contributed by atoms with Crippen LogP contribution in [0, 0.1) is 0 Å². The Morgan fingerprint density at radius 2 is 1.32 bits per heavy atom. The molecule has 1 rings (SSSR count). The van der Waals surface area contributed by atoms with Crippen LogP contribution in [0.1, 0.15) is 58.2 Å². The highest BCUT2D eigenvalue weighted by Gasteiger charge is 2.26. The SMILES string of the molecule is CC(C)(C)c1cc(C(=S)S)cc(C(C)(C)C)c1O.N. The molecule has 0 aliphatic carbocycles. The first kappa shape index (κ1) is 18.4. The van der Waals surface area contributed by atoms with Gasteiger partial charge in [0.1, 0.15) is 5.75 Å². The molecule has 108 valence electrons. The van der Waals surface area contributed by atoms with E-state index >= 15 is 0 Å². The molecule has 0 spiro atoms. The fraction of sp³-hybridized carbons (Fsp3) is 0.533. The van der Waals surface area contributed by atoms with Gasteiger partial charge in [0.25, 0.3) is 0 Å². The maximum Gasteiger partial charge on any atom is 0.123 e. The number of phenols is 1. The van der Waals surface area contributed by atoms with E-state index in [4.69, 9.17) is 12.2 Å². The molecule has 0 saturated carbocycles. The van der Waals surface area contributed by atoms with E-state index in [0.29, 0.717) is 9.95 Å². The summed E-state index contributed by atoms with van der Waals surface area (Å²) < 4.78 is 0.561. The Kier molecular flexibility index (Phi) is 5.64. The molecule has 0 aliphatic heterocycles.